The van der Waals surface area contributed by atoms with Crippen molar-refractivity contribution in [3.8, 4) is 0 Å². The molecular weight excluding hydrogens is 476 g/mol. The third-order valence-corrected chi connectivity index (χ3v) is 5.95. The molecule has 1 unspecified atom stereocenters. The molecule has 0 aromatic rings. The van der Waals surface area contributed by atoms with Crippen LogP contribution in [0.5, 0.6) is 0 Å². The van der Waals surface area contributed by atoms with E-state index in [0.717, 1.165) is 19.3 Å². The molecule has 0 rings (SSSR count). The van der Waals surface area contributed by atoms with E-state index in [1.807, 2.05) is 0 Å². The number of hydrogen-bond acceptors (Lipinski definition) is 6. The Morgan fingerprint density at radius 3 is 1.81 bits per heavy atom. The minimum absolute atomic E-state index is 0.0304. The Kier molecular flexibility index (Phi) is 19.4. The molecular formula is C28H52N2O7. The molecule has 0 aliphatic heterocycles. The van der Waals surface area contributed by atoms with Crippen LogP contribution in [0.1, 0.15) is 137 Å². The second-order valence-corrected chi connectivity index (χ2v) is 10.9. The minimum Gasteiger partial charge on any atom is -0.481 e. The predicted octanol–water partition coefficient (Wildman–Crippen LogP) is 6.01. The van der Waals surface area contributed by atoms with Crippen molar-refractivity contribution < 1.29 is 33.8 Å². The molecule has 9 heteroatoms. The first-order valence-electron chi connectivity index (χ1n) is 14.1. The number of carboxylic acids is 1. The van der Waals surface area contributed by atoms with Crippen molar-refractivity contribution >= 4 is 23.9 Å². The van der Waals surface area contributed by atoms with Crippen LogP contribution < -0.4 is 11.1 Å². The van der Waals surface area contributed by atoms with Crippen molar-refractivity contribution in [3.63, 3.8) is 0 Å². The molecule has 0 heterocycles. The summed E-state index contributed by atoms with van der Waals surface area (Å²) in [7, 11) is 0. The van der Waals surface area contributed by atoms with Crippen molar-refractivity contribution in [1.82, 2.24) is 5.32 Å². The van der Waals surface area contributed by atoms with Crippen LogP contribution in [0.2, 0.25) is 0 Å². The number of amides is 2. The topological polar surface area (TPSA) is 145 Å². The number of rotatable bonds is 22. The standard InChI is InChI=1S/C28H52N2O7/c1-5-6-7-8-9-10-11-12-13-14-15-18-22(21-24(29)31)36-26(34)23(19-16-17-20-25(32)33)30-27(35)37-28(2,3)4/h22-23H,5-21H2,1-4H3,(H2,29,31)(H,30,35)(H,32,33)/t22-,23?/m0/s1. The summed E-state index contributed by atoms with van der Waals surface area (Å²) in [5.74, 6) is -2.15. The number of carboxylic acid groups (broad SMARTS) is 1. The molecule has 9 nitrogen and oxygen atoms in total. The fourth-order valence-electron chi connectivity index (χ4n) is 4.03. The summed E-state index contributed by atoms with van der Waals surface area (Å²) in [6.07, 6.45) is 13.0. The number of alkyl carbamates (subject to hydrolysis) is 1. The second-order valence-electron chi connectivity index (χ2n) is 10.9. The first kappa shape index (κ1) is 34.7. The number of unbranched alkanes of at least 4 members (excludes halogenated alkanes) is 11. The molecule has 0 spiro atoms. The molecule has 0 aromatic heterocycles. The Morgan fingerprint density at radius 1 is 0.811 bits per heavy atom. The molecule has 0 aliphatic carbocycles. The van der Waals surface area contributed by atoms with E-state index in [9.17, 15) is 19.2 Å². The maximum Gasteiger partial charge on any atom is 0.408 e. The highest BCUT2D eigenvalue weighted by molar-refractivity contribution is 5.82. The third kappa shape index (κ3) is 22.6. The van der Waals surface area contributed by atoms with Gasteiger partial charge in [0.2, 0.25) is 5.91 Å². The average Bonchev–Trinajstić information content (AvgIpc) is 2.77. The molecule has 0 fully saturated rings. The number of ether oxygens (including phenoxy) is 2. The summed E-state index contributed by atoms with van der Waals surface area (Å²) < 4.78 is 10.8. The summed E-state index contributed by atoms with van der Waals surface area (Å²) in [6, 6.07) is -1.00. The minimum atomic E-state index is -1.00. The Labute approximate surface area is 223 Å². The number of nitrogens with one attached hydrogen (secondary N) is 1. The van der Waals surface area contributed by atoms with Gasteiger partial charge >= 0.3 is 18.0 Å². The van der Waals surface area contributed by atoms with Gasteiger partial charge in [0.15, 0.2) is 0 Å². The molecule has 216 valence electrons. The van der Waals surface area contributed by atoms with Gasteiger partial charge in [-0.05, 0) is 46.5 Å². The van der Waals surface area contributed by atoms with Gasteiger partial charge in [-0.15, -0.1) is 0 Å². The Balaban J connectivity index is 4.67. The van der Waals surface area contributed by atoms with E-state index in [1.54, 1.807) is 20.8 Å². The van der Waals surface area contributed by atoms with Crippen LogP contribution in [0.3, 0.4) is 0 Å². The van der Waals surface area contributed by atoms with Gasteiger partial charge in [0.25, 0.3) is 0 Å². The van der Waals surface area contributed by atoms with Gasteiger partial charge in [0, 0.05) is 6.42 Å². The summed E-state index contributed by atoms with van der Waals surface area (Å²) in [4.78, 5) is 47.5. The first-order valence-corrected chi connectivity index (χ1v) is 14.1. The van der Waals surface area contributed by atoms with Gasteiger partial charge in [-0.2, -0.15) is 0 Å². The molecule has 0 saturated heterocycles. The molecule has 0 aromatic carbocycles. The van der Waals surface area contributed by atoms with E-state index in [2.05, 4.69) is 12.2 Å². The normalized spacial score (nSPS) is 13.0. The number of primary amides is 1. The predicted molar refractivity (Wildman–Crippen MR) is 144 cm³/mol. The van der Waals surface area contributed by atoms with Crippen molar-refractivity contribution in [2.45, 2.75) is 155 Å². The smallest absolute Gasteiger partial charge is 0.408 e. The fourth-order valence-corrected chi connectivity index (χ4v) is 4.03. The maximum atomic E-state index is 12.9. The molecule has 0 bridgehead atoms. The lowest BCUT2D eigenvalue weighted by atomic mass is 10.0. The Bertz CT molecular complexity index is 661. The Morgan fingerprint density at radius 2 is 1.32 bits per heavy atom. The largest absolute Gasteiger partial charge is 0.481 e. The van der Waals surface area contributed by atoms with Crippen molar-refractivity contribution in [2.75, 3.05) is 0 Å². The van der Waals surface area contributed by atoms with E-state index < -0.39 is 41.7 Å². The lowest BCUT2D eigenvalue weighted by Gasteiger charge is -2.24. The zero-order valence-electron chi connectivity index (χ0n) is 23.6. The third-order valence-electron chi connectivity index (χ3n) is 5.95. The molecule has 2 atom stereocenters. The van der Waals surface area contributed by atoms with Gasteiger partial charge in [0.1, 0.15) is 17.7 Å². The van der Waals surface area contributed by atoms with E-state index in [-0.39, 0.29) is 19.3 Å². The summed E-state index contributed by atoms with van der Waals surface area (Å²) >= 11 is 0. The van der Waals surface area contributed by atoms with E-state index in [4.69, 9.17) is 20.3 Å². The summed E-state index contributed by atoms with van der Waals surface area (Å²) in [6.45, 7) is 7.36. The lowest BCUT2D eigenvalue weighted by Crippen LogP contribution is -2.45. The highest BCUT2D eigenvalue weighted by Crippen LogP contribution is 2.17. The zero-order chi connectivity index (χ0) is 28.1. The van der Waals surface area contributed by atoms with Crippen LogP contribution >= 0.6 is 0 Å². The van der Waals surface area contributed by atoms with E-state index in [1.165, 1.54) is 51.4 Å². The number of carbonyl (C=O) groups is 4. The summed E-state index contributed by atoms with van der Waals surface area (Å²) in [5.41, 5.74) is 4.63. The molecule has 2 amide bonds. The van der Waals surface area contributed by atoms with E-state index in [0.29, 0.717) is 19.3 Å². The van der Waals surface area contributed by atoms with Crippen LogP contribution in [-0.4, -0.2) is 46.8 Å². The molecule has 4 N–H and O–H groups in total. The highest BCUT2D eigenvalue weighted by Gasteiger charge is 2.28. The number of aliphatic carboxylic acids is 1. The number of nitrogens with two attached hydrogens (primary N) is 1. The van der Waals surface area contributed by atoms with Gasteiger partial charge in [-0.1, -0.05) is 77.6 Å². The van der Waals surface area contributed by atoms with Crippen molar-refractivity contribution in [1.29, 1.82) is 0 Å². The monoisotopic (exact) mass is 528 g/mol. The average molecular weight is 529 g/mol. The first-order chi connectivity index (χ1) is 17.4. The van der Waals surface area contributed by atoms with Gasteiger partial charge in [-0.3, -0.25) is 9.59 Å². The molecule has 0 saturated carbocycles. The van der Waals surface area contributed by atoms with Gasteiger partial charge in [0.05, 0.1) is 6.42 Å². The number of carbonyl (C=O) groups excluding carboxylic acids is 3. The van der Waals surface area contributed by atoms with Crippen LogP contribution in [0.25, 0.3) is 0 Å². The second kappa shape index (κ2) is 20.7. The summed E-state index contributed by atoms with van der Waals surface area (Å²) in [5, 5.41) is 11.4. The SMILES string of the molecule is CCCCCCCCCCCCC[C@@H](CC(N)=O)OC(=O)C(CCCCC(=O)O)NC(=O)OC(C)(C)C. The maximum absolute atomic E-state index is 12.9. The number of esters is 1. The van der Waals surface area contributed by atoms with Gasteiger partial charge < -0.3 is 25.6 Å². The quantitative estimate of drug-likeness (QED) is 0.115. The zero-order valence-corrected chi connectivity index (χ0v) is 23.6. The van der Waals surface area contributed by atoms with Crippen LogP contribution in [0.15, 0.2) is 0 Å². The fraction of sp³-hybridized carbons (Fsp3) is 0.857. The lowest BCUT2D eigenvalue weighted by molar-refractivity contribution is -0.153. The van der Waals surface area contributed by atoms with Crippen molar-refractivity contribution in [3.05, 3.63) is 0 Å². The number of hydrogen-bond donors (Lipinski definition) is 3. The van der Waals surface area contributed by atoms with Crippen LogP contribution in [0, 0.1) is 0 Å². The molecule has 37 heavy (non-hydrogen) atoms. The highest BCUT2D eigenvalue weighted by atomic mass is 16.6. The van der Waals surface area contributed by atoms with Crippen LogP contribution in [-0.2, 0) is 23.9 Å². The molecule has 0 radical (unpaired) electrons. The van der Waals surface area contributed by atoms with Gasteiger partial charge in [-0.25, -0.2) is 9.59 Å². The Hall–Kier alpha value is -2.32. The van der Waals surface area contributed by atoms with Crippen LogP contribution in [0.4, 0.5) is 4.79 Å². The van der Waals surface area contributed by atoms with E-state index >= 15 is 0 Å². The molecule has 0 aliphatic rings. The van der Waals surface area contributed by atoms with Crippen molar-refractivity contribution in [2.24, 2.45) is 5.73 Å².